The maximum atomic E-state index is 12.5. The van der Waals surface area contributed by atoms with Gasteiger partial charge in [0, 0.05) is 5.69 Å². The predicted octanol–water partition coefficient (Wildman–Crippen LogP) is 5.55. The van der Waals surface area contributed by atoms with Crippen LogP contribution < -0.4 is 10.1 Å². The number of nitriles is 1. The van der Waals surface area contributed by atoms with Crippen LogP contribution in [0.15, 0.2) is 35.9 Å². The Bertz CT molecular complexity index is 892. The van der Waals surface area contributed by atoms with E-state index in [1.165, 1.54) is 6.08 Å². The number of hydrogen-bond donors (Lipinski definition) is 1. The van der Waals surface area contributed by atoms with E-state index in [1.807, 2.05) is 39.0 Å². The number of halogens is 2. The molecule has 2 rings (SSSR count). The van der Waals surface area contributed by atoms with Crippen molar-refractivity contribution in [2.45, 2.75) is 20.8 Å². The third-order valence-electron chi connectivity index (χ3n) is 3.84. The summed E-state index contributed by atoms with van der Waals surface area (Å²) < 4.78 is 5.38. The van der Waals surface area contributed by atoms with E-state index in [0.29, 0.717) is 33.7 Å². The van der Waals surface area contributed by atoms with Crippen molar-refractivity contribution in [1.82, 2.24) is 0 Å². The predicted molar refractivity (Wildman–Crippen MR) is 106 cm³/mol. The molecule has 0 spiro atoms. The Kier molecular flexibility index (Phi) is 6.68. The highest BCUT2D eigenvalue weighted by molar-refractivity contribution is 6.37. The molecule has 134 valence electrons. The van der Waals surface area contributed by atoms with Crippen molar-refractivity contribution in [1.29, 1.82) is 5.26 Å². The number of benzene rings is 2. The van der Waals surface area contributed by atoms with Gasteiger partial charge in [-0.1, -0.05) is 35.3 Å². The molecule has 0 aromatic heterocycles. The minimum absolute atomic E-state index is 0.0535. The fourth-order valence-electron chi connectivity index (χ4n) is 2.34. The van der Waals surface area contributed by atoms with Gasteiger partial charge in [-0.05, 0) is 61.7 Å². The summed E-state index contributed by atoms with van der Waals surface area (Å²) in [6.45, 7) is 6.12. The van der Waals surface area contributed by atoms with Crippen molar-refractivity contribution in [3.63, 3.8) is 0 Å². The van der Waals surface area contributed by atoms with E-state index in [9.17, 15) is 10.1 Å². The van der Waals surface area contributed by atoms with Gasteiger partial charge >= 0.3 is 0 Å². The van der Waals surface area contributed by atoms with Crippen molar-refractivity contribution < 1.29 is 9.53 Å². The van der Waals surface area contributed by atoms with Gasteiger partial charge in [0.05, 0.1) is 16.7 Å². The van der Waals surface area contributed by atoms with Gasteiger partial charge in [-0.3, -0.25) is 4.79 Å². The molecule has 0 heterocycles. The number of carbonyl (C=O) groups is 1. The van der Waals surface area contributed by atoms with Gasteiger partial charge in [0.15, 0.2) is 5.75 Å². The highest BCUT2D eigenvalue weighted by Crippen LogP contribution is 2.34. The van der Waals surface area contributed by atoms with Crippen LogP contribution in [-0.4, -0.2) is 12.5 Å². The Morgan fingerprint density at radius 3 is 2.50 bits per heavy atom. The molecule has 0 fully saturated rings. The van der Waals surface area contributed by atoms with E-state index in [1.54, 1.807) is 18.2 Å². The summed E-state index contributed by atoms with van der Waals surface area (Å²) in [4.78, 5) is 12.5. The van der Waals surface area contributed by atoms with E-state index >= 15 is 0 Å². The quantitative estimate of drug-likeness (QED) is 0.538. The zero-order chi connectivity index (χ0) is 19.3. The zero-order valence-electron chi connectivity index (χ0n) is 14.7. The molecule has 1 N–H and O–H groups in total. The Labute approximate surface area is 163 Å². The first-order chi connectivity index (χ1) is 12.4. The number of rotatable bonds is 5. The monoisotopic (exact) mass is 388 g/mol. The summed E-state index contributed by atoms with van der Waals surface area (Å²) in [6.07, 6.45) is 1.44. The molecular weight excluding hydrogens is 371 g/mol. The highest BCUT2D eigenvalue weighted by Gasteiger charge is 2.13. The van der Waals surface area contributed by atoms with E-state index in [0.717, 1.165) is 11.1 Å². The molecular formula is C20H18Cl2N2O2. The van der Waals surface area contributed by atoms with Crippen LogP contribution in [0, 0.1) is 25.2 Å². The summed E-state index contributed by atoms with van der Waals surface area (Å²) in [5.74, 6) is -0.117. The lowest BCUT2D eigenvalue weighted by Gasteiger charge is -2.11. The van der Waals surface area contributed by atoms with Gasteiger partial charge in [0.2, 0.25) is 0 Å². The van der Waals surface area contributed by atoms with Crippen LogP contribution in [0.3, 0.4) is 0 Å². The molecule has 0 atom stereocenters. The Hall–Kier alpha value is -2.48. The second-order valence-corrected chi connectivity index (χ2v) is 6.43. The maximum absolute atomic E-state index is 12.5. The average molecular weight is 389 g/mol. The standard InChI is InChI=1S/C20H18Cl2N2O2/c1-4-26-19-16(21)9-14(10-17(19)22)8-15(11-23)20(25)24-18-7-5-6-12(2)13(18)3/h5-10H,4H2,1-3H3,(H,24,25)/b15-8+. The number of aryl methyl sites for hydroxylation is 1. The molecule has 0 aliphatic rings. The number of ether oxygens (including phenoxy) is 1. The fraction of sp³-hybridized carbons (Fsp3) is 0.200. The molecule has 0 aliphatic heterocycles. The number of nitrogens with one attached hydrogen (secondary N) is 1. The van der Waals surface area contributed by atoms with Gasteiger partial charge in [-0.15, -0.1) is 0 Å². The van der Waals surface area contributed by atoms with E-state index in [-0.39, 0.29) is 5.57 Å². The number of anilines is 1. The Morgan fingerprint density at radius 2 is 1.92 bits per heavy atom. The lowest BCUT2D eigenvalue weighted by Crippen LogP contribution is -2.14. The molecule has 2 aromatic rings. The molecule has 0 radical (unpaired) electrons. The normalized spacial score (nSPS) is 11.0. The second kappa shape index (κ2) is 8.75. The van der Waals surface area contributed by atoms with Crippen LogP contribution in [0.5, 0.6) is 5.75 Å². The zero-order valence-corrected chi connectivity index (χ0v) is 16.2. The number of nitrogens with zero attached hydrogens (tertiary/aromatic N) is 1. The van der Waals surface area contributed by atoms with Crippen molar-refractivity contribution in [2.24, 2.45) is 0 Å². The third-order valence-corrected chi connectivity index (χ3v) is 4.40. The first-order valence-electron chi connectivity index (χ1n) is 7.98. The van der Waals surface area contributed by atoms with Crippen molar-refractivity contribution in [3.05, 3.63) is 62.6 Å². The SMILES string of the molecule is CCOc1c(Cl)cc(/C=C(\C#N)C(=O)Nc2cccc(C)c2C)cc1Cl. The van der Waals surface area contributed by atoms with E-state index in [4.69, 9.17) is 27.9 Å². The topological polar surface area (TPSA) is 62.1 Å². The summed E-state index contributed by atoms with van der Waals surface area (Å²) in [5.41, 5.74) is 3.15. The molecule has 26 heavy (non-hydrogen) atoms. The summed E-state index contributed by atoms with van der Waals surface area (Å²) >= 11 is 12.3. The van der Waals surface area contributed by atoms with Gasteiger partial charge in [0.25, 0.3) is 5.91 Å². The van der Waals surface area contributed by atoms with E-state index in [2.05, 4.69) is 5.32 Å². The molecule has 1 amide bonds. The minimum atomic E-state index is -0.498. The van der Waals surface area contributed by atoms with Crippen LogP contribution in [-0.2, 0) is 4.79 Å². The largest absolute Gasteiger partial charge is 0.491 e. The Morgan fingerprint density at radius 1 is 1.27 bits per heavy atom. The van der Waals surface area contributed by atoms with Crippen molar-refractivity contribution in [3.8, 4) is 11.8 Å². The molecule has 6 heteroatoms. The van der Waals surface area contributed by atoms with Gasteiger partial charge in [-0.25, -0.2) is 0 Å². The average Bonchev–Trinajstić information content (AvgIpc) is 2.60. The lowest BCUT2D eigenvalue weighted by molar-refractivity contribution is -0.112. The van der Waals surface area contributed by atoms with Crippen LogP contribution in [0.1, 0.15) is 23.6 Å². The summed E-state index contributed by atoms with van der Waals surface area (Å²) in [6, 6.07) is 10.7. The molecule has 4 nitrogen and oxygen atoms in total. The molecule has 0 bridgehead atoms. The fourth-order valence-corrected chi connectivity index (χ4v) is 2.95. The second-order valence-electron chi connectivity index (χ2n) is 5.62. The van der Waals surface area contributed by atoms with Gasteiger partial charge in [-0.2, -0.15) is 5.26 Å². The van der Waals surface area contributed by atoms with Crippen LogP contribution in [0.4, 0.5) is 5.69 Å². The number of carbonyl (C=O) groups excluding carboxylic acids is 1. The number of hydrogen-bond acceptors (Lipinski definition) is 3. The molecule has 2 aromatic carbocycles. The van der Waals surface area contributed by atoms with Crippen LogP contribution in [0.25, 0.3) is 6.08 Å². The summed E-state index contributed by atoms with van der Waals surface area (Å²) in [5, 5.41) is 12.8. The number of amides is 1. The first kappa shape index (κ1) is 19.8. The van der Waals surface area contributed by atoms with Crippen LogP contribution in [0.2, 0.25) is 10.0 Å². The molecule has 0 aliphatic carbocycles. The molecule has 0 saturated heterocycles. The van der Waals surface area contributed by atoms with Crippen LogP contribution >= 0.6 is 23.2 Å². The Balaban J connectivity index is 2.31. The highest BCUT2D eigenvalue weighted by atomic mass is 35.5. The molecule has 0 saturated carbocycles. The third kappa shape index (κ3) is 4.57. The van der Waals surface area contributed by atoms with E-state index < -0.39 is 5.91 Å². The first-order valence-corrected chi connectivity index (χ1v) is 8.74. The lowest BCUT2D eigenvalue weighted by atomic mass is 10.1. The maximum Gasteiger partial charge on any atom is 0.266 e. The van der Waals surface area contributed by atoms with Crippen molar-refractivity contribution in [2.75, 3.05) is 11.9 Å². The molecule has 0 unspecified atom stereocenters. The minimum Gasteiger partial charge on any atom is -0.491 e. The van der Waals surface area contributed by atoms with Gasteiger partial charge in [0.1, 0.15) is 11.6 Å². The van der Waals surface area contributed by atoms with Gasteiger partial charge < -0.3 is 10.1 Å². The summed E-state index contributed by atoms with van der Waals surface area (Å²) in [7, 11) is 0. The smallest absolute Gasteiger partial charge is 0.266 e. The van der Waals surface area contributed by atoms with Crippen molar-refractivity contribution >= 4 is 40.9 Å².